The first-order valence-electron chi connectivity index (χ1n) is 5.91. The molecule has 0 atom stereocenters. The number of benzene rings is 2. The number of thioether (sulfide) groups is 1. The summed E-state index contributed by atoms with van der Waals surface area (Å²) in [4.78, 5) is 1.14. The summed E-state index contributed by atoms with van der Waals surface area (Å²) < 4.78 is 5.18. The Kier molecular flexibility index (Phi) is 4.90. The second-order valence-corrected chi connectivity index (χ2v) is 5.13. The molecule has 2 aromatic rings. The molecule has 2 rings (SSSR count). The summed E-state index contributed by atoms with van der Waals surface area (Å²) in [5.74, 6) is 1.68. The van der Waals surface area contributed by atoms with Crippen LogP contribution in [0.5, 0.6) is 5.75 Å². The van der Waals surface area contributed by atoms with Gasteiger partial charge < -0.3 is 14.8 Å². The summed E-state index contributed by atoms with van der Waals surface area (Å²) in [5.41, 5.74) is 1.65. The second-order valence-electron chi connectivity index (χ2n) is 4.08. The van der Waals surface area contributed by atoms with Crippen molar-refractivity contribution in [1.82, 2.24) is 0 Å². The maximum atomic E-state index is 9.02. The number of hydrogen-bond acceptors (Lipinski definition) is 4. The van der Waals surface area contributed by atoms with Crippen molar-refractivity contribution < 1.29 is 14.8 Å². The standard InChI is InChI=1S/C14H15BO3S/c1-18-13-3-2-4-14(9-13)19-10-11-5-7-12(8-6-11)15(16)17/h2-9,16-17H,10H2,1H3. The molecular weight excluding hydrogens is 259 g/mol. The average molecular weight is 274 g/mol. The third kappa shape index (κ3) is 4.03. The van der Waals surface area contributed by atoms with Gasteiger partial charge in [0.1, 0.15) is 5.75 Å². The lowest BCUT2D eigenvalue weighted by Crippen LogP contribution is -2.29. The highest BCUT2D eigenvalue weighted by Crippen LogP contribution is 2.25. The molecule has 0 fully saturated rings. The summed E-state index contributed by atoms with van der Waals surface area (Å²) in [6.45, 7) is 0. The monoisotopic (exact) mass is 274 g/mol. The second kappa shape index (κ2) is 6.66. The normalized spacial score (nSPS) is 10.3. The number of hydrogen-bond donors (Lipinski definition) is 2. The van der Waals surface area contributed by atoms with Crippen LogP contribution in [0.1, 0.15) is 5.56 Å². The molecular formula is C14H15BO3S. The van der Waals surface area contributed by atoms with Gasteiger partial charge in [0.05, 0.1) is 7.11 Å². The highest BCUT2D eigenvalue weighted by Gasteiger charge is 2.09. The Labute approximate surface area is 117 Å². The van der Waals surface area contributed by atoms with Crippen molar-refractivity contribution in [3.63, 3.8) is 0 Å². The summed E-state index contributed by atoms with van der Waals surface area (Å²) in [5, 5.41) is 18.0. The lowest BCUT2D eigenvalue weighted by Gasteiger charge is -2.05. The molecule has 19 heavy (non-hydrogen) atoms. The zero-order valence-corrected chi connectivity index (χ0v) is 11.4. The first-order valence-corrected chi connectivity index (χ1v) is 6.89. The van der Waals surface area contributed by atoms with E-state index >= 15 is 0 Å². The predicted molar refractivity (Wildman–Crippen MR) is 78.8 cm³/mol. The maximum absolute atomic E-state index is 9.02. The van der Waals surface area contributed by atoms with Crippen molar-refractivity contribution >= 4 is 24.3 Å². The quantitative estimate of drug-likeness (QED) is 0.643. The lowest BCUT2D eigenvalue weighted by atomic mass is 9.80. The molecule has 98 valence electrons. The molecule has 0 saturated carbocycles. The Bertz CT molecular complexity index is 528. The third-order valence-corrected chi connectivity index (χ3v) is 3.79. The van der Waals surface area contributed by atoms with Crippen molar-refractivity contribution in [3.05, 3.63) is 54.1 Å². The molecule has 0 radical (unpaired) electrons. The van der Waals surface area contributed by atoms with Gasteiger partial charge in [-0.1, -0.05) is 30.3 Å². The molecule has 0 aromatic heterocycles. The minimum Gasteiger partial charge on any atom is -0.497 e. The summed E-state index contributed by atoms with van der Waals surface area (Å²) in [6, 6.07) is 15.2. The Morgan fingerprint density at radius 2 is 1.84 bits per heavy atom. The number of rotatable bonds is 5. The van der Waals surface area contributed by atoms with Crippen LogP contribution in [0, 0.1) is 0 Å². The third-order valence-electron chi connectivity index (χ3n) is 2.72. The Balaban J connectivity index is 1.98. The zero-order valence-electron chi connectivity index (χ0n) is 10.6. The fourth-order valence-electron chi connectivity index (χ4n) is 1.64. The average Bonchev–Trinajstić information content (AvgIpc) is 2.46. The largest absolute Gasteiger partial charge is 0.497 e. The SMILES string of the molecule is COc1cccc(SCc2ccc(B(O)O)cc2)c1. The first kappa shape index (κ1) is 14.0. The van der Waals surface area contributed by atoms with Crippen molar-refractivity contribution in [2.75, 3.05) is 7.11 Å². The van der Waals surface area contributed by atoms with Crippen LogP contribution in [-0.4, -0.2) is 24.3 Å². The van der Waals surface area contributed by atoms with Gasteiger partial charge >= 0.3 is 7.12 Å². The highest BCUT2D eigenvalue weighted by atomic mass is 32.2. The minimum atomic E-state index is -1.40. The molecule has 0 aliphatic heterocycles. The van der Waals surface area contributed by atoms with Crippen LogP contribution >= 0.6 is 11.8 Å². The fourth-order valence-corrected chi connectivity index (χ4v) is 2.54. The molecule has 0 unspecified atom stereocenters. The molecule has 0 aliphatic carbocycles. The van der Waals surface area contributed by atoms with Gasteiger partial charge in [-0.2, -0.15) is 0 Å². The van der Waals surface area contributed by atoms with E-state index < -0.39 is 7.12 Å². The van der Waals surface area contributed by atoms with E-state index in [0.717, 1.165) is 22.0 Å². The van der Waals surface area contributed by atoms with Crippen molar-refractivity contribution in [3.8, 4) is 5.75 Å². The smallest absolute Gasteiger partial charge is 0.488 e. The Morgan fingerprint density at radius 3 is 2.47 bits per heavy atom. The van der Waals surface area contributed by atoms with Crippen molar-refractivity contribution in [2.24, 2.45) is 0 Å². The maximum Gasteiger partial charge on any atom is 0.488 e. The molecule has 0 aliphatic rings. The summed E-state index contributed by atoms with van der Waals surface area (Å²) >= 11 is 1.71. The van der Waals surface area contributed by atoms with Crippen LogP contribution in [0.15, 0.2) is 53.4 Å². The molecule has 2 N–H and O–H groups in total. The first-order chi connectivity index (χ1) is 9.19. The Morgan fingerprint density at radius 1 is 1.11 bits per heavy atom. The van der Waals surface area contributed by atoms with Gasteiger partial charge in [0, 0.05) is 10.6 Å². The van der Waals surface area contributed by atoms with E-state index in [0.29, 0.717) is 5.46 Å². The van der Waals surface area contributed by atoms with Gasteiger partial charge in [-0.15, -0.1) is 11.8 Å². The van der Waals surface area contributed by atoms with Gasteiger partial charge in [0.15, 0.2) is 0 Å². The fraction of sp³-hybridized carbons (Fsp3) is 0.143. The molecule has 3 nitrogen and oxygen atoms in total. The molecule has 0 spiro atoms. The van der Waals surface area contributed by atoms with E-state index in [1.165, 1.54) is 0 Å². The summed E-state index contributed by atoms with van der Waals surface area (Å²) in [7, 11) is 0.253. The van der Waals surface area contributed by atoms with Gasteiger partial charge in [-0.25, -0.2) is 0 Å². The topological polar surface area (TPSA) is 49.7 Å². The number of ether oxygens (including phenoxy) is 1. The van der Waals surface area contributed by atoms with E-state index in [9.17, 15) is 0 Å². The van der Waals surface area contributed by atoms with Gasteiger partial charge in [0.2, 0.25) is 0 Å². The van der Waals surface area contributed by atoms with Crippen LogP contribution < -0.4 is 10.2 Å². The van der Waals surface area contributed by atoms with Crippen LogP contribution in [0.3, 0.4) is 0 Å². The van der Waals surface area contributed by atoms with Gasteiger partial charge in [-0.05, 0) is 29.2 Å². The van der Waals surface area contributed by atoms with Gasteiger partial charge in [0.25, 0.3) is 0 Å². The van der Waals surface area contributed by atoms with E-state index in [1.54, 1.807) is 31.0 Å². The minimum absolute atomic E-state index is 0.509. The molecule has 0 amide bonds. The van der Waals surface area contributed by atoms with E-state index in [4.69, 9.17) is 14.8 Å². The molecule has 2 aromatic carbocycles. The molecule has 0 bridgehead atoms. The van der Waals surface area contributed by atoms with E-state index in [-0.39, 0.29) is 0 Å². The van der Waals surface area contributed by atoms with Gasteiger partial charge in [-0.3, -0.25) is 0 Å². The Hall–Kier alpha value is -1.43. The van der Waals surface area contributed by atoms with Crippen LogP contribution in [0.2, 0.25) is 0 Å². The lowest BCUT2D eigenvalue weighted by molar-refractivity contribution is 0.413. The van der Waals surface area contributed by atoms with Crippen LogP contribution in [-0.2, 0) is 5.75 Å². The zero-order chi connectivity index (χ0) is 13.7. The van der Waals surface area contributed by atoms with E-state index in [2.05, 4.69) is 0 Å². The molecule has 0 saturated heterocycles. The highest BCUT2D eigenvalue weighted by molar-refractivity contribution is 7.98. The number of methoxy groups -OCH3 is 1. The molecule has 5 heteroatoms. The van der Waals surface area contributed by atoms with Crippen molar-refractivity contribution in [2.45, 2.75) is 10.6 Å². The molecule has 0 heterocycles. The predicted octanol–water partition coefficient (Wildman–Crippen LogP) is 1.67. The van der Waals surface area contributed by atoms with Crippen LogP contribution in [0.25, 0.3) is 0 Å². The van der Waals surface area contributed by atoms with E-state index in [1.807, 2.05) is 36.4 Å². The van der Waals surface area contributed by atoms with Crippen LogP contribution in [0.4, 0.5) is 0 Å². The van der Waals surface area contributed by atoms with Crippen molar-refractivity contribution in [1.29, 1.82) is 0 Å². The summed E-state index contributed by atoms with van der Waals surface area (Å²) in [6.07, 6.45) is 0.